The molecule has 0 saturated heterocycles. The Morgan fingerprint density at radius 2 is 0.600 bits per heavy atom. The summed E-state index contributed by atoms with van der Waals surface area (Å²) in [6.07, 6.45) is 0. The van der Waals surface area contributed by atoms with Gasteiger partial charge in [0.2, 0.25) is 0 Å². The molecule has 18 aromatic rings. The molecule has 0 unspecified atom stereocenters. The molecule has 4 aromatic heterocycles. The molecule has 6 heterocycles. The average molecular weight is 1500 g/mol. The summed E-state index contributed by atoms with van der Waals surface area (Å²) in [6, 6.07) is 105. The van der Waals surface area contributed by atoms with Crippen molar-refractivity contribution < 1.29 is 8.83 Å². The van der Waals surface area contributed by atoms with Crippen LogP contribution in [0.25, 0.3) is 132 Å². The first kappa shape index (κ1) is 71.9. The molecule has 0 saturated carbocycles. The quantitative estimate of drug-likeness (QED) is 0.149. The SMILES string of the molecule is CC(C)(C)c1cc(-c2ccc3c(c2)N(c2c(-c4ccccc4)ccc4oc5ccccc5c24)c2cc(-n4c5ccc(C(C)(C)C)cc5c5cc(C(C)(C)C)ccc54)cc4c2B3c2ccc(-n3c5ccc(C(C)(C)C)cc5c5cc(C(C)(C)C)ccc53)cc2N4c2c(-c3ccccc3)ccc3oc4ccccc4c23)cc(C(C)(C)C)c1. The molecule has 0 amide bonds. The monoisotopic (exact) mass is 1490 g/mol. The van der Waals surface area contributed by atoms with Crippen LogP contribution in [0.4, 0.5) is 34.1 Å². The molecule has 566 valence electrons. The Morgan fingerprint density at radius 1 is 0.243 bits per heavy atom. The van der Waals surface area contributed by atoms with E-state index in [2.05, 4.69) is 417 Å². The summed E-state index contributed by atoms with van der Waals surface area (Å²) >= 11 is 0. The molecule has 20 rings (SSSR count). The van der Waals surface area contributed by atoms with Crippen molar-refractivity contribution in [2.24, 2.45) is 0 Å². The van der Waals surface area contributed by atoms with Crippen molar-refractivity contribution in [3.63, 3.8) is 0 Å². The predicted octanol–water partition coefficient (Wildman–Crippen LogP) is 28.5. The first-order chi connectivity index (χ1) is 54.8. The van der Waals surface area contributed by atoms with Gasteiger partial charge in [0, 0.05) is 71.9 Å². The number of fused-ring (bicyclic) bond motifs is 16. The minimum Gasteiger partial charge on any atom is -0.456 e. The molecule has 14 aromatic carbocycles. The number of hydrogen-bond donors (Lipinski definition) is 0. The van der Waals surface area contributed by atoms with E-state index >= 15 is 0 Å². The van der Waals surface area contributed by atoms with Crippen LogP contribution in [0, 0.1) is 0 Å². The smallest absolute Gasteiger partial charge is 0.252 e. The van der Waals surface area contributed by atoms with Crippen molar-refractivity contribution in [1.29, 1.82) is 0 Å². The molecule has 0 fully saturated rings. The molecule has 7 heteroatoms. The third-order valence-corrected chi connectivity index (χ3v) is 25.2. The molecule has 0 N–H and O–H groups in total. The maximum Gasteiger partial charge on any atom is 0.252 e. The highest BCUT2D eigenvalue weighted by atomic mass is 16.3. The van der Waals surface area contributed by atoms with Crippen molar-refractivity contribution in [2.75, 3.05) is 9.80 Å². The maximum atomic E-state index is 7.21. The second-order valence-electron chi connectivity index (χ2n) is 39.0. The maximum absolute atomic E-state index is 7.21. The lowest BCUT2D eigenvalue weighted by atomic mass is 9.33. The Bertz CT molecular complexity index is 6920. The van der Waals surface area contributed by atoms with Crippen LogP contribution in [0.15, 0.2) is 282 Å². The lowest BCUT2D eigenvalue weighted by molar-refractivity contribution is 0.569. The van der Waals surface area contributed by atoms with Gasteiger partial charge >= 0.3 is 0 Å². The van der Waals surface area contributed by atoms with Gasteiger partial charge < -0.3 is 27.8 Å². The van der Waals surface area contributed by atoms with Gasteiger partial charge in [-0.2, -0.15) is 0 Å². The standard InChI is InChI=1S/C108H99BN4O2/c1-103(2,3)68-38-47-86-80(57-68)81-58-69(104(4,5)6)39-48-87(81)110(86)74-42-46-85-91(61-74)113(102-77(65-31-23-20-24-32-65)44-52-97-99(102)79-34-26-28-36-95(79)115-97)93-63-75(111-88-49-40-70(105(7,8)9)59-82(88)83-60-71(106(10,11)12)41-50-89(83)111)62-92-100(93)109(85)84-45-37-66(67-53-72(107(13,14)15)56-73(54-67)108(16,17)18)55-90(84)112(92)101-76(64-29-21-19-22-30-64)43-51-96-98(101)78-33-25-27-35-94(78)114-96/h19-63H,1-18H3. The third kappa shape index (κ3) is 11.5. The second-order valence-corrected chi connectivity index (χ2v) is 39.0. The lowest BCUT2D eigenvalue weighted by Gasteiger charge is -2.45. The van der Waals surface area contributed by atoms with Crippen LogP contribution >= 0.6 is 0 Å². The van der Waals surface area contributed by atoms with Gasteiger partial charge in [0.1, 0.15) is 22.3 Å². The zero-order chi connectivity index (χ0) is 79.6. The number of rotatable bonds is 7. The van der Waals surface area contributed by atoms with Gasteiger partial charge in [-0.15, -0.1) is 0 Å². The highest BCUT2D eigenvalue weighted by Crippen LogP contribution is 2.56. The fraction of sp³-hybridized carbons (Fsp3) is 0.222. The molecule has 0 atom stereocenters. The van der Waals surface area contributed by atoms with Crippen molar-refractivity contribution in [3.05, 3.63) is 306 Å². The highest BCUT2D eigenvalue weighted by molar-refractivity contribution is 7.00. The lowest BCUT2D eigenvalue weighted by Crippen LogP contribution is -2.61. The topological polar surface area (TPSA) is 42.6 Å². The van der Waals surface area contributed by atoms with Crippen LogP contribution in [0.3, 0.4) is 0 Å². The van der Waals surface area contributed by atoms with E-state index in [0.29, 0.717) is 0 Å². The van der Waals surface area contributed by atoms with Crippen LogP contribution in [0.5, 0.6) is 0 Å². The minimum absolute atomic E-state index is 0.0826. The largest absolute Gasteiger partial charge is 0.456 e. The van der Waals surface area contributed by atoms with Gasteiger partial charge in [-0.1, -0.05) is 282 Å². The van der Waals surface area contributed by atoms with E-state index in [4.69, 9.17) is 8.83 Å². The third-order valence-electron chi connectivity index (χ3n) is 25.2. The average Bonchev–Trinajstić information content (AvgIpc) is 1.67. The molecule has 0 aliphatic carbocycles. The van der Waals surface area contributed by atoms with E-state index in [1.54, 1.807) is 0 Å². The molecule has 0 radical (unpaired) electrons. The van der Waals surface area contributed by atoms with Crippen molar-refractivity contribution in [2.45, 2.75) is 157 Å². The highest BCUT2D eigenvalue weighted by Gasteiger charge is 2.47. The van der Waals surface area contributed by atoms with Gasteiger partial charge in [-0.05, 0) is 220 Å². The fourth-order valence-corrected chi connectivity index (χ4v) is 18.8. The van der Waals surface area contributed by atoms with Crippen LogP contribution in [0.1, 0.15) is 158 Å². The van der Waals surface area contributed by atoms with E-state index in [-0.39, 0.29) is 39.2 Å². The fourth-order valence-electron chi connectivity index (χ4n) is 18.8. The Kier molecular flexibility index (Phi) is 15.8. The number of hydrogen-bond acceptors (Lipinski definition) is 4. The van der Waals surface area contributed by atoms with E-state index in [1.807, 2.05) is 0 Å². The van der Waals surface area contributed by atoms with Crippen LogP contribution < -0.4 is 26.2 Å². The Balaban J connectivity index is 1.00. The molecule has 2 aliphatic heterocycles. The number of anilines is 6. The molecule has 0 bridgehead atoms. The first-order valence-electron chi connectivity index (χ1n) is 41.2. The summed E-state index contributed by atoms with van der Waals surface area (Å²) in [4.78, 5) is 5.40. The summed E-state index contributed by atoms with van der Waals surface area (Å²) < 4.78 is 19.6. The number of aromatic nitrogens is 2. The summed E-state index contributed by atoms with van der Waals surface area (Å²) in [5.74, 6) is 0. The first-order valence-corrected chi connectivity index (χ1v) is 41.2. The molecule has 0 spiro atoms. The van der Waals surface area contributed by atoms with Crippen LogP contribution in [-0.2, 0) is 32.5 Å². The number of para-hydroxylation sites is 2. The number of benzene rings is 14. The van der Waals surface area contributed by atoms with E-state index in [0.717, 1.165) is 139 Å². The van der Waals surface area contributed by atoms with Gasteiger partial charge in [0.15, 0.2) is 0 Å². The van der Waals surface area contributed by atoms with Gasteiger partial charge in [-0.25, -0.2) is 0 Å². The molecular formula is C108H99BN4O2. The molecule has 115 heavy (non-hydrogen) atoms. The summed E-state index contributed by atoms with van der Waals surface area (Å²) in [7, 11) is 0. The number of furan rings is 2. The Labute approximate surface area is 676 Å². The van der Waals surface area contributed by atoms with Crippen molar-refractivity contribution >= 4 is 145 Å². The second kappa shape index (κ2) is 25.2. The number of nitrogens with zero attached hydrogens (tertiary/aromatic N) is 4. The molecular weight excluding hydrogens is 1400 g/mol. The zero-order valence-electron chi connectivity index (χ0n) is 69.7. The normalized spacial score (nSPS) is 13.6. The molecule has 2 aliphatic rings. The van der Waals surface area contributed by atoms with Gasteiger partial charge in [-0.3, -0.25) is 0 Å². The van der Waals surface area contributed by atoms with Crippen molar-refractivity contribution in [3.8, 4) is 44.8 Å². The Morgan fingerprint density at radius 3 is 1.00 bits per heavy atom. The van der Waals surface area contributed by atoms with Gasteiger partial charge in [0.05, 0.1) is 49.9 Å². The van der Waals surface area contributed by atoms with Gasteiger partial charge in [0.25, 0.3) is 6.71 Å². The minimum atomic E-state index is -0.324. The van der Waals surface area contributed by atoms with E-state index in [1.165, 1.54) is 76.9 Å². The molecule has 6 nitrogen and oxygen atoms in total. The van der Waals surface area contributed by atoms with E-state index < -0.39 is 0 Å². The Hall–Kier alpha value is -12.1. The van der Waals surface area contributed by atoms with Crippen LogP contribution in [-0.4, -0.2) is 15.8 Å². The summed E-state index contributed by atoms with van der Waals surface area (Å²) in [5.41, 5.74) is 33.8. The van der Waals surface area contributed by atoms with Crippen LogP contribution in [0.2, 0.25) is 0 Å². The summed E-state index contributed by atoms with van der Waals surface area (Å²) in [6.45, 7) is 41.8. The predicted molar refractivity (Wildman–Crippen MR) is 492 cm³/mol. The van der Waals surface area contributed by atoms with Crippen molar-refractivity contribution in [1.82, 2.24) is 9.13 Å². The zero-order valence-corrected chi connectivity index (χ0v) is 69.7. The van der Waals surface area contributed by atoms with E-state index in [9.17, 15) is 0 Å². The summed E-state index contributed by atoms with van der Waals surface area (Å²) in [5, 5.41) is 9.12.